The molecule has 5 unspecified atom stereocenters. The zero-order valence-electron chi connectivity index (χ0n) is 16.5. The van der Waals surface area contributed by atoms with Gasteiger partial charge in [-0.3, -0.25) is 19.2 Å². The molecule has 0 aromatic carbocycles. The van der Waals surface area contributed by atoms with Crippen LogP contribution >= 0.6 is 0 Å². The molecule has 13 nitrogen and oxygen atoms in total. The van der Waals surface area contributed by atoms with Gasteiger partial charge in [-0.05, 0) is 32.7 Å². The standard InChI is InChI=1S/C17H28N4O9/c1-8(23)13(16(28)19-10(17(29)30)4-5-12(24)25)21-15(27)11(7-22)20-14(26)9-3-2-6-18-9/h8-11,13,18,22-23H,2-7H2,1H3,(H,19,28)(H,20,26)(H,21,27)(H,24,25)(H,29,30). The van der Waals surface area contributed by atoms with Gasteiger partial charge in [-0.2, -0.15) is 0 Å². The summed E-state index contributed by atoms with van der Waals surface area (Å²) >= 11 is 0. The minimum atomic E-state index is -1.60. The topological polar surface area (TPSA) is 214 Å². The van der Waals surface area contributed by atoms with Crippen LogP contribution in [0.3, 0.4) is 0 Å². The molecular formula is C17H28N4O9. The van der Waals surface area contributed by atoms with Crippen LogP contribution in [0.2, 0.25) is 0 Å². The Morgan fingerprint density at radius 3 is 2.17 bits per heavy atom. The third-order valence-electron chi connectivity index (χ3n) is 4.52. The largest absolute Gasteiger partial charge is 0.481 e. The number of aliphatic hydroxyl groups excluding tert-OH is 2. The molecule has 1 aliphatic rings. The van der Waals surface area contributed by atoms with Crippen molar-refractivity contribution in [2.45, 2.75) is 62.9 Å². The van der Waals surface area contributed by atoms with Crippen molar-refractivity contribution < 1.29 is 44.4 Å². The number of amides is 3. The molecule has 1 heterocycles. The number of nitrogens with one attached hydrogen (secondary N) is 4. The molecule has 0 spiro atoms. The van der Waals surface area contributed by atoms with Gasteiger partial charge in [0.2, 0.25) is 17.7 Å². The van der Waals surface area contributed by atoms with Crippen LogP contribution in [0, 0.1) is 0 Å². The fourth-order valence-corrected chi connectivity index (χ4v) is 2.82. The van der Waals surface area contributed by atoms with Gasteiger partial charge in [-0.25, -0.2) is 4.79 Å². The minimum Gasteiger partial charge on any atom is -0.481 e. The summed E-state index contributed by atoms with van der Waals surface area (Å²) in [6.07, 6.45) is -1.02. The number of aliphatic hydroxyl groups is 2. The predicted octanol–water partition coefficient (Wildman–Crippen LogP) is -3.48. The number of carbonyl (C=O) groups excluding carboxylic acids is 3. The van der Waals surface area contributed by atoms with E-state index in [1.165, 1.54) is 6.92 Å². The van der Waals surface area contributed by atoms with Crippen LogP contribution in [0.4, 0.5) is 0 Å². The molecule has 0 bridgehead atoms. The summed E-state index contributed by atoms with van der Waals surface area (Å²) in [5, 5.41) is 46.6. The second-order valence-electron chi connectivity index (χ2n) is 6.95. The van der Waals surface area contributed by atoms with Gasteiger partial charge in [0.05, 0.1) is 18.8 Å². The quantitative estimate of drug-likeness (QED) is 0.152. The van der Waals surface area contributed by atoms with Crippen LogP contribution in [0.5, 0.6) is 0 Å². The summed E-state index contributed by atoms with van der Waals surface area (Å²) in [7, 11) is 0. The Hall–Kier alpha value is -2.77. The Morgan fingerprint density at radius 2 is 1.70 bits per heavy atom. The van der Waals surface area contributed by atoms with Gasteiger partial charge in [-0.15, -0.1) is 0 Å². The van der Waals surface area contributed by atoms with Crippen LogP contribution in [0.15, 0.2) is 0 Å². The molecule has 0 aliphatic carbocycles. The van der Waals surface area contributed by atoms with Crippen LogP contribution in [-0.4, -0.2) is 93.5 Å². The molecule has 0 saturated carbocycles. The van der Waals surface area contributed by atoms with Crippen LogP contribution in [-0.2, 0) is 24.0 Å². The van der Waals surface area contributed by atoms with Crippen molar-refractivity contribution in [1.82, 2.24) is 21.3 Å². The number of hydrogen-bond donors (Lipinski definition) is 8. The van der Waals surface area contributed by atoms with E-state index < -0.39 is 79.4 Å². The summed E-state index contributed by atoms with van der Waals surface area (Å²) in [5.74, 6) is -5.25. The maximum Gasteiger partial charge on any atom is 0.326 e. The fraction of sp³-hybridized carbons (Fsp3) is 0.706. The van der Waals surface area contributed by atoms with E-state index in [0.717, 1.165) is 6.42 Å². The number of hydrogen-bond acceptors (Lipinski definition) is 8. The van der Waals surface area contributed by atoms with Crippen molar-refractivity contribution in [3.63, 3.8) is 0 Å². The van der Waals surface area contributed by atoms with E-state index in [9.17, 15) is 34.2 Å². The van der Waals surface area contributed by atoms with Crippen molar-refractivity contribution in [3.8, 4) is 0 Å². The molecule has 1 saturated heterocycles. The van der Waals surface area contributed by atoms with Gasteiger partial charge < -0.3 is 41.7 Å². The van der Waals surface area contributed by atoms with Crippen molar-refractivity contribution in [3.05, 3.63) is 0 Å². The van der Waals surface area contributed by atoms with Gasteiger partial charge in [0.25, 0.3) is 0 Å². The van der Waals surface area contributed by atoms with Crippen molar-refractivity contribution in [1.29, 1.82) is 0 Å². The first kappa shape index (κ1) is 25.3. The number of carboxylic acids is 2. The van der Waals surface area contributed by atoms with E-state index in [0.29, 0.717) is 13.0 Å². The van der Waals surface area contributed by atoms with Gasteiger partial charge >= 0.3 is 11.9 Å². The summed E-state index contributed by atoms with van der Waals surface area (Å²) in [4.78, 5) is 58.7. The average molecular weight is 432 g/mol. The van der Waals surface area contributed by atoms with Crippen molar-refractivity contribution >= 4 is 29.7 Å². The maximum atomic E-state index is 12.4. The molecule has 170 valence electrons. The highest BCUT2D eigenvalue weighted by Gasteiger charge is 2.33. The summed E-state index contributed by atoms with van der Waals surface area (Å²) in [6, 6.07) is -5.04. The zero-order valence-corrected chi connectivity index (χ0v) is 16.5. The minimum absolute atomic E-state index is 0.402. The normalized spacial score (nSPS) is 19.8. The molecule has 3 amide bonds. The first-order valence-corrected chi connectivity index (χ1v) is 9.44. The Labute approximate surface area is 172 Å². The Balaban J connectivity index is 2.75. The molecule has 5 atom stereocenters. The number of aliphatic carboxylic acids is 2. The third-order valence-corrected chi connectivity index (χ3v) is 4.52. The van der Waals surface area contributed by atoms with E-state index >= 15 is 0 Å². The predicted molar refractivity (Wildman–Crippen MR) is 100 cm³/mol. The van der Waals surface area contributed by atoms with Crippen molar-refractivity contribution in [2.75, 3.05) is 13.2 Å². The lowest BCUT2D eigenvalue weighted by molar-refractivity contribution is -0.144. The van der Waals surface area contributed by atoms with E-state index in [1.807, 2.05) is 0 Å². The first-order chi connectivity index (χ1) is 14.1. The van der Waals surface area contributed by atoms with E-state index in [2.05, 4.69) is 21.3 Å². The second kappa shape index (κ2) is 12.0. The monoisotopic (exact) mass is 432 g/mol. The van der Waals surface area contributed by atoms with Gasteiger partial charge in [0, 0.05) is 6.42 Å². The molecule has 0 radical (unpaired) electrons. The van der Waals surface area contributed by atoms with Crippen LogP contribution in [0.25, 0.3) is 0 Å². The lowest BCUT2D eigenvalue weighted by atomic mass is 10.1. The molecule has 1 fully saturated rings. The third kappa shape index (κ3) is 7.93. The highest BCUT2D eigenvalue weighted by Crippen LogP contribution is 2.05. The molecular weight excluding hydrogens is 404 g/mol. The number of rotatable bonds is 12. The molecule has 1 aliphatic heterocycles. The van der Waals surface area contributed by atoms with Crippen LogP contribution < -0.4 is 21.3 Å². The van der Waals surface area contributed by atoms with Gasteiger partial charge in [0.15, 0.2) is 0 Å². The molecule has 30 heavy (non-hydrogen) atoms. The van der Waals surface area contributed by atoms with Crippen LogP contribution in [0.1, 0.15) is 32.6 Å². The van der Waals surface area contributed by atoms with E-state index in [1.54, 1.807) is 0 Å². The molecule has 8 N–H and O–H groups in total. The second-order valence-corrected chi connectivity index (χ2v) is 6.95. The highest BCUT2D eigenvalue weighted by molar-refractivity contribution is 5.94. The lowest BCUT2D eigenvalue weighted by Crippen LogP contribution is -2.60. The average Bonchev–Trinajstić information content (AvgIpc) is 3.21. The zero-order chi connectivity index (χ0) is 22.8. The van der Waals surface area contributed by atoms with Gasteiger partial charge in [-0.1, -0.05) is 0 Å². The summed E-state index contributed by atoms with van der Waals surface area (Å²) < 4.78 is 0. The molecule has 0 aromatic rings. The van der Waals surface area contributed by atoms with Crippen molar-refractivity contribution in [2.24, 2.45) is 0 Å². The lowest BCUT2D eigenvalue weighted by Gasteiger charge is -2.25. The molecule has 1 rings (SSSR count). The maximum absolute atomic E-state index is 12.4. The summed E-state index contributed by atoms with van der Waals surface area (Å²) in [6.45, 7) is 1.05. The van der Waals surface area contributed by atoms with E-state index in [-0.39, 0.29) is 0 Å². The molecule has 0 aromatic heterocycles. The molecule has 13 heteroatoms. The highest BCUT2D eigenvalue weighted by atomic mass is 16.4. The summed E-state index contributed by atoms with van der Waals surface area (Å²) in [5.41, 5.74) is 0. The Morgan fingerprint density at radius 1 is 1.03 bits per heavy atom. The Bertz CT molecular complexity index is 649. The van der Waals surface area contributed by atoms with Gasteiger partial charge in [0.1, 0.15) is 18.1 Å². The SMILES string of the molecule is CC(O)C(NC(=O)C(CO)NC(=O)C1CCCN1)C(=O)NC(CCC(=O)O)C(=O)O. The Kier molecular flexibility index (Phi) is 10.1. The smallest absolute Gasteiger partial charge is 0.326 e. The first-order valence-electron chi connectivity index (χ1n) is 9.44. The fourth-order valence-electron chi connectivity index (χ4n) is 2.82. The number of carbonyl (C=O) groups is 5. The number of carboxylic acid groups (broad SMARTS) is 2. The van der Waals surface area contributed by atoms with E-state index in [4.69, 9.17) is 10.2 Å².